The highest BCUT2D eigenvalue weighted by Gasteiger charge is 2.42. The van der Waals surface area contributed by atoms with Crippen LogP contribution in [0.25, 0.3) is 53.6 Å². The lowest BCUT2D eigenvalue weighted by Crippen LogP contribution is -2.39. The Morgan fingerprint density at radius 3 is 1.85 bits per heavy atom. The van der Waals surface area contributed by atoms with Gasteiger partial charge in [-0.2, -0.15) is 0 Å². The minimum absolute atomic E-state index is 0.337. The van der Waals surface area contributed by atoms with Gasteiger partial charge in [0.15, 0.2) is 0 Å². The van der Waals surface area contributed by atoms with Crippen molar-refractivity contribution in [2.45, 2.75) is 50.9 Å². The Labute approximate surface area is 323 Å². The highest BCUT2D eigenvalue weighted by atomic mass is 32.1. The molecule has 0 amide bonds. The van der Waals surface area contributed by atoms with Gasteiger partial charge in [0.2, 0.25) is 0 Å². The van der Waals surface area contributed by atoms with Gasteiger partial charge in [0.05, 0.1) is 0 Å². The van der Waals surface area contributed by atoms with E-state index in [9.17, 15) is 0 Å². The molecule has 0 spiro atoms. The number of thiophene rings is 1. The first-order valence-corrected chi connectivity index (χ1v) is 20.6. The molecular weight excluding hydrogens is 671 g/mol. The van der Waals surface area contributed by atoms with E-state index < -0.39 is 0 Å². The van der Waals surface area contributed by atoms with E-state index in [0.717, 1.165) is 17.5 Å². The molecule has 2 heteroatoms. The van der Waals surface area contributed by atoms with Crippen LogP contribution in [0.15, 0.2) is 170 Å². The zero-order valence-corrected chi connectivity index (χ0v) is 31.7. The SMILES string of the molecule is CC1CC2CCCC(c3ccc(N(c4ccc(-c5c(-c6ccccc6)cccc5-c5ccccc5)cc4)c4ccc5c(c4)sc4ccccc45)cc3)(C1)C2. The van der Waals surface area contributed by atoms with Gasteiger partial charge in [0, 0.05) is 37.2 Å². The molecule has 2 saturated carbocycles. The topological polar surface area (TPSA) is 3.24 Å². The van der Waals surface area contributed by atoms with Crippen molar-refractivity contribution in [3.63, 3.8) is 0 Å². The average Bonchev–Trinajstić information content (AvgIpc) is 3.60. The zero-order valence-electron chi connectivity index (χ0n) is 30.9. The number of hydrogen-bond donors (Lipinski definition) is 0. The first-order valence-electron chi connectivity index (χ1n) is 19.8. The summed E-state index contributed by atoms with van der Waals surface area (Å²) in [7, 11) is 0. The fourth-order valence-electron chi connectivity index (χ4n) is 10.2. The van der Waals surface area contributed by atoms with Crippen molar-refractivity contribution < 1.29 is 0 Å². The second kappa shape index (κ2) is 13.8. The zero-order chi connectivity index (χ0) is 36.1. The molecule has 0 aliphatic heterocycles. The Balaban J connectivity index is 1.09. The molecule has 3 unspecified atom stereocenters. The molecule has 264 valence electrons. The number of fused-ring (bicyclic) bond motifs is 5. The number of nitrogens with zero attached hydrogens (tertiary/aromatic N) is 1. The van der Waals surface area contributed by atoms with Gasteiger partial charge >= 0.3 is 0 Å². The Morgan fingerprint density at radius 2 is 1.15 bits per heavy atom. The lowest BCUT2D eigenvalue weighted by molar-refractivity contribution is 0.110. The molecule has 3 atom stereocenters. The van der Waals surface area contributed by atoms with Crippen molar-refractivity contribution in [2.24, 2.45) is 11.8 Å². The second-order valence-corrected chi connectivity index (χ2v) is 17.0. The molecule has 1 nitrogen and oxygen atoms in total. The third-order valence-electron chi connectivity index (χ3n) is 12.4. The van der Waals surface area contributed by atoms with Gasteiger partial charge in [-0.1, -0.05) is 147 Å². The Morgan fingerprint density at radius 1 is 0.537 bits per heavy atom. The molecule has 0 N–H and O–H groups in total. The molecule has 0 saturated heterocycles. The number of benzene rings is 7. The van der Waals surface area contributed by atoms with Gasteiger partial charge in [-0.25, -0.2) is 0 Å². The van der Waals surface area contributed by atoms with E-state index in [2.05, 4.69) is 182 Å². The Kier molecular flexibility index (Phi) is 8.45. The molecule has 1 aromatic heterocycles. The monoisotopic (exact) mass is 715 g/mol. The molecule has 0 radical (unpaired) electrons. The van der Waals surface area contributed by atoms with E-state index in [1.165, 1.54) is 103 Å². The predicted octanol–water partition coefficient (Wildman–Crippen LogP) is 15.4. The van der Waals surface area contributed by atoms with Gasteiger partial charge in [-0.3, -0.25) is 0 Å². The minimum atomic E-state index is 0.337. The number of rotatable bonds is 7. The van der Waals surface area contributed by atoms with Crippen LogP contribution in [0, 0.1) is 11.8 Å². The molecular formula is C52H45NS. The van der Waals surface area contributed by atoms with Gasteiger partial charge in [-0.05, 0) is 124 Å². The van der Waals surface area contributed by atoms with Crippen molar-refractivity contribution >= 4 is 48.6 Å². The minimum Gasteiger partial charge on any atom is -0.310 e. The average molecular weight is 716 g/mol. The van der Waals surface area contributed by atoms with Crippen molar-refractivity contribution in [3.8, 4) is 33.4 Å². The van der Waals surface area contributed by atoms with E-state index in [1.54, 1.807) is 5.56 Å². The van der Waals surface area contributed by atoms with Crippen LogP contribution in [0.2, 0.25) is 0 Å². The van der Waals surface area contributed by atoms with Crippen LogP contribution in [0.4, 0.5) is 17.1 Å². The van der Waals surface area contributed by atoms with E-state index in [-0.39, 0.29) is 0 Å². The summed E-state index contributed by atoms with van der Waals surface area (Å²) in [5.41, 5.74) is 12.8. The van der Waals surface area contributed by atoms with Crippen LogP contribution >= 0.6 is 11.3 Å². The maximum absolute atomic E-state index is 2.48. The quantitative estimate of drug-likeness (QED) is 0.159. The molecule has 7 aromatic carbocycles. The van der Waals surface area contributed by atoms with Crippen LogP contribution in [0.5, 0.6) is 0 Å². The van der Waals surface area contributed by atoms with Crippen molar-refractivity contribution in [1.82, 2.24) is 0 Å². The van der Waals surface area contributed by atoms with Crippen LogP contribution in [-0.2, 0) is 5.41 Å². The highest BCUT2D eigenvalue weighted by molar-refractivity contribution is 7.25. The summed E-state index contributed by atoms with van der Waals surface area (Å²) >= 11 is 1.89. The third kappa shape index (κ3) is 5.94. The van der Waals surface area contributed by atoms with Crippen molar-refractivity contribution in [2.75, 3.05) is 4.90 Å². The number of hydrogen-bond acceptors (Lipinski definition) is 2. The molecule has 2 aliphatic rings. The van der Waals surface area contributed by atoms with Gasteiger partial charge in [0.1, 0.15) is 0 Å². The normalized spacial score (nSPS) is 19.6. The van der Waals surface area contributed by atoms with Gasteiger partial charge in [-0.15, -0.1) is 11.3 Å². The van der Waals surface area contributed by atoms with Crippen molar-refractivity contribution in [3.05, 3.63) is 175 Å². The first kappa shape index (κ1) is 33.2. The summed E-state index contributed by atoms with van der Waals surface area (Å²) in [6, 6.07) is 63.2. The molecule has 8 aromatic rings. The number of anilines is 3. The smallest absolute Gasteiger partial charge is 0.0476 e. The lowest BCUT2D eigenvalue weighted by atomic mass is 9.57. The van der Waals surface area contributed by atoms with E-state index >= 15 is 0 Å². The highest BCUT2D eigenvalue weighted by Crippen LogP contribution is 2.53. The van der Waals surface area contributed by atoms with E-state index in [0.29, 0.717) is 5.41 Å². The Hall–Kier alpha value is -5.44. The summed E-state index contributed by atoms with van der Waals surface area (Å²) in [6.45, 7) is 2.48. The summed E-state index contributed by atoms with van der Waals surface area (Å²) in [5, 5.41) is 2.66. The molecule has 2 fully saturated rings. The maximum Gasteiger partial charge on any atom is 0.0476 e. The summed E-state index contributed by atoms with van der Waals surface area (Å²) in [5.74, 6) is 1.70. The van der Waals surface area contributed by atoms with Crippen LogP contribution < -0.4 is 4.90 Å². The first-order chi connectivity index (χ1) is 26.6. The van der Waals surface area contributed by atoms with Crippen LogP contribution in [0.3, 0.4) is 0 Å². The Bertz CT molecular complexity index is 2510. The third-order valence-corrected chi connectivity index (χ3v) is 13.6. The molecule has 1 heterocycles. The standard InChI is InChI=1S/C52H45NS/c1-36-32-37-12-11-31-52(34-36,35-37)41-23-27-43(28-24-41)53(44-29-30-48-47-17-8-9-20-49(47)54-50(48)33-44)42-25-21-40(22-26-42)51-45(38-13-4-2-5-14-38)18-10-19-46(51)39-15-6-3-7-16-39/h2-10,13-30,33,36-37H,11-12,31-32,34-35H2,1H3. The van der Waals surface area contributed by atoms with Gasteiger partial charge < -0.3 is 4.90 Å². The molecule has 2 aliphatic carbocycles. The maximum atomic E-state index is 2.48. The summed E-state index contributed by atoms with van der Waals surface area (Å²) in [4.78, 5) is 2.46. The molecule has 54 heavy (non-hydrogen) atoms. The second-order valence-electron chi connectivity index (χ2n) is 16.0. The fourth-order valence-corrected chi connectivity index (χ4v) is 11.3. The predicted molar refractivity (Wildman–Crippen MR) is 232 cm³/mol. The van der Waals surface area contributed by atoms with E-state index in [4.69, 9.17) is 0 Å². The fraction of sp³-hybridized carbons (Fsp3) is 0.192. The van der Waals surface area contributed by atoms with Crippen LogP contribution in [-0.4, -0.2) is 0 Å². The van der Waals surface area contributed by atoms with Crippen LogP contribution in [0.1, 0.15) is 51.0 Å². The molecule has 10 rings (SSSR count). The van der Waals surface area contributed by atoms with Gasteiger partial charge in [0.25, 0.3) is 0 Å². The summed E-state index contributed by atoms with van der Waals surface area (Å²) in [6.07, 6.45) is 8.21. The summed E-state index contributed by atoms with van der Waals surface area (Å²) < 4.78 is 2.66. The van der Waals surface area contributed by atoms with Crippen molar-refractivity contribution in [1.29, 1.82) is 0 Å². The largest absolute Gasteiger partial charge is 0.310 e. The molecule has 2 bridgehead atoms. The lowest BCUT2D eigenvalue weighted by Gasteiger charge is -2.48. The van der Waals surface area contributed by atoms with E-state index in [1.807, 2.05) is 11.3 Å².